The summed E-state index contributed by atoms with van der Waals surface area (Å²) in [6.45, 7) is 7.37. The second kappa shape index (κ2) is 5.53. The lowest BCUT2D eigenvalue weighted by atomic mass is 9.70. The molecule has 0 bridgehead atoms. The van der Waals surface area contributed by atoms with Gasteiger partial charge in [-0.1, -0.05) is 62.4 Å². The van der Waals surface area contributed by atoms with Crippen molar-refractivity contribution in [2.45, 2.75) is 32.9 Å². The lowest BCUT2D eigenvalue weighted by Gasteiger charge is -2.46. The number of fused-ring (bicyclic) bond motifs is 1. The number of hydrogen-bond acceptors (Lipinski definition) is 2. The van der Waals surface area contributed by atoms with E-state index in [9.17, 15) is 0 Å². The number of nitrogens with one attached hydrogen (secondary N) is 1. The van der Waals surface area contributed by atoms with Gasteiger partial charge in [0.25, 0.3) is 0 Å². The van der Waals surface area contributed by atoms with E-state index >= 15 is 0 Å². The van der Waals surface area contributed by atoms with Gasteiger partial charge in [0.1, 0.15) is 0 Å². The van der Waals surface area contributed by atoms with Crippen molar-refractivity contribution in [1.29, 1.82) is 0 Å². The number of anilines is 1. The Morgan fingerprint density at radius 3 is 2.38 bits per heavy atom. The molecule has 0 saturated carbocycles. The van der Waals surface area contributed by atoms with Crippen LogP contribution in [0.25, 0.3) is 0 Å². The topological polar surface area (TPSA) is 21.3 Å². The molecule has 2 heteroatoms. The first kappa shape index (κ1) is 14.2. The molecule has 110 valence electrons. The van der Waals surface area contributed by atoms with Gasteiger partial charge in [-0.2, -0.15) is 0 Å². The fourth-order valence-electron chi connectivity index (χ4n) is 3.38. The molecular weight excluding hydrogens is 258 g/mol. The van der Waals surface area contributed by atoms with E-state index in [4.69, 9.17) is 4.74 Å². The molecule has 2 atom stereocenters. The van der Waals surface area contributed by atoms with E-state index in [2.05, 4.69) is 80.7 Å². The van der Waals surface area contributed by atoms with Crippen LogP contribution >= 0.6 is 0 Å². The monoisotopic (exact) mass is 281 g/mol. The minimum absolute atomic E-state index is 0.0221. The van der Waals surface area contributed by atoms with Crippen molar-refractivity contribution < 1.29 is 4.74 Å². The summed E-state index contributed by atoms with van der Waals surface area (Å²) in [5, 5.41) is 3.71. The zero-order valence-electron chi connectivity index (χ0n) is 13.0. The Bertz CT molecular complexity index is 606. The average molecular weight is 281 g/mol. The van der Waals surface area contributed by atoms with Crippen LogP contribution in [0.4, 0.5) is 5.69 Å². The van der Waals surface area contributed by atoms with E-state index in [0.29, 0.717) is 0 Å². The van der Waals surface area contributed by atoms with E-state index in [-0.39, 0.29) is 17.6 Å². The Kier molecular flexibility index (Phi) is 3.73. The van der Waals surface area contributed by atoms with Crippen molar-refractivity contribution in [2.24, 2.45) is 5.41 Å². The number of ether oxygens (including phenoxy) is 1. The summed E-state index contributed by atoms with van der Waals surface area (Å²) in [5.41, 5.74) is 3.73. The number of para-hydroxylation sites is 1. The summed E-state index contributed by atoms with van der Waals surface area (Å²) in [5.74, 6) is 0. The van der Waals surface area contributed by atoms with Crippen molar-refractivity contribution in [2.75, 3.05) is 11.9 Å². The summed E-state index contributed by atoms with van der Waals surface area (Å²) in [6.07, 6.45) is 0.102. The number of hydrogen-bond donors (Lipinski definition) is 1. The van der Waals surface area contributed by atoms with Gasteiger partial charge >= 0.3 is 0 Å². The fourth-order valence-corrected chi connectivity index (χ4v) is 3.38. The van der Waals surface area contributed by atoms with Crippen LogP contribution in [0, 0.1) is 5.41 Å². The van der Waals surface area contributed by atoms with Gasteiger partial charge in [0, 0.05) is 23.3 Å². The third-order valence-corrected chi connectivity index (χ3v) is 4.43. The van der Waals surface area contributed by atoms with Crippen LogP contribution in [-0.4, -0.2) is 6.61 Å². The van der Waals surface area contributed by atoms with Gasteiger partial charge in [-0.15, -0.1) is 0 Å². The van der Waals surface area contributed by atoms with E-state index in [0.717, 1.165) is 6.61 Å². The second-order valence-corrected chi connectivity index (χ2v) is 6.23. The Labute approximate surface area is 127 Å². The lowest BCUT2D eigenvalue weighted by Crippen LogP contribution is -2.39. The summed E-state index contributed by atoms with van der Waals surface area (Å²) in [7, 11) is 0. The van der Waals surface area contributed by atoms with Crippen LogP contribution in [0.1, 0.15) is 44.0 Å². The molecule has 0 unspecified atom stereocenters. The predicted octanol–water partition coefficient (Wildman–Crippen LogP) is 4.96. The molecule has 0 saturated heterocycles. The molecule has 3 rings (SSSR count). The predicted molar refractivity (Wildman–Crippen MR) is 87.4 cm³/mol. The maximum absolute atomic E-state index is 6.14. The molecule has 1 aliphatic rings. The quantitative estimate of drug-likeness (QED) is 0.858. The highest BCUT2D eigenvalue weighted by atomic mass is 16.5. The number of rotatable bonds is 3. The Morgan fingerprint density at radius 1 is 1.00 bits per heavy atom. The van der Waals surface area contributed by atoms with Gasteiger partial charge < -0.3 is 10.1 Å². The van der Waals surface area contributed by atoms with Crippen molar-refractivity contribution in [3.63, 3.8) is 0 Å². The molecule has 0 spiro atoms. The molecule has 2 aromatic carbocycles. The summed E-state index contributed by atoms with van der Waals surface area (Å²) < 4.78 is 6.14. The lowest BCUT2D eigenvalue weighted by molar-refractivity contribution is -0.0353. The van der Waals surface area contributed by atoms with Gasteiger partial charge in [0.2, 0.25) is 0 Å². The van der Waals surface area contributed by atoms with Crippen molar-refractivity contribution in [1.82, 2.24) is 0 Å². The molecule has 0 amide bonds. The van der Waals surface area contributed by atoms with Crippen molar-refractivity contribution in [3.05, 3.63) is 65.7 Å². The SMILES string of the molecule is CCO[C@@H]1c2ccccc2N[C@H](c2ccccc2)C1(C)C. The highest BCUT2D eigenvalue weighted by Gasteiger charge is 2.44. The molecule has 0 aromatic heterocycles. The molecular formula is C19H23NO. The largest absolute Gasteiger partial charge is 0.377 e. The van der Waals surface area contributed by atoms with Crippen LogP contribution in [0.3, 0.4) is 0 Å². The first-order valence-corrected chi connectivity index (χ1v) is 7.66. The summed E-state index contributed by atoms with van der Waals surface area (Å²) >= 11 is 0. The Morgan fingerprint density at radius 2 is 1.67 bits per heavy atom. The van der Waals surface area contributed by atoms with Crippen LogP contribution in [0.5, 0.6) is 0 Å². The smallest absolute Gasteiger partial charge is 0.0918 e. The maximum atomic E-state index is 6.14. The summed E-state index contributed by atoms with van der Waals surface area (Å²) in [4.78, 5) is 0. The Balaban J connectivity index is 2.08. The number of benzene rings is 2. The minimum Gasteiger partial charge on any atom is -0.377 e. The van der Waals surface area contributed by atoms with E-state index < -0.39 is 0 Å². The van der Waals surface area contributed by atoms with E-state index in [1.165, 1.54) is 16.8 Å². The van der Waals surface area contributed by atoms with Crippen LogP contribution in [0.2, 0.25) is 0 Å². The molecule has 1 aliphatic heterocycles. The zero-order chi connectivity index (χ0) is 14.9. The van der Waals surface area contributed by atoms with Gasteiger partial charge in [-0.05, 0) is 18.6 Å². The highest BCUT2D eigenvalue weighted by Crippen LogP contribution is 2.52. The first-order chi connectivity index (χ1) is 10.1. The molecule has 2 nitrogen and oxygen atoms in total. The third-order valence-electron chi connectivity index (χ3n) is 4.43. The molecule has 1 N–H and O–H groups in total. The van der Waals surface area contributed by atoms with Gasteiger partial charge in [0.05, 0.1) is 12.1 Å². The van der Waals surface area contributed by atoms with Crippen LogP contribution in [0.15, 0.2) is 54.6 Å². The molecule has 0 aliphatic carbocycles. The first-order valence-electron chi connectivity index (χ1n) is 7.66. The van der Waals surface area contributed by atoms with Crippen molar-refractivity contribution >= 4 is 5.69 Å². The third kappa shape index (κ3) is 2.44. The molecule has 0 fully saturated rings. The van der Waals surface area contributed by atoms with Crippen molar-refractivity contribution in [3.8, 4) is 0 Å². The minimum atomic E-state index is -0.0221. The second-order valence-electron chi connectivity index (χ2n) is 6.23. The average Bonchev–Trinajstić information content (AvgIpc) is 2.50. The summed E-state index contributed by atoms with van der Waals surface area (Å²) in [6, 6.07) is 19.4. The molecule has 0 radical (unpaired) electrons. The fraction of sp³-hybridized carbons (Fsp3) is 0.368. The standard InChI is InChI=1S/C19H23NO/c1-4-21-18-15-12-8-9-13-16(15)20-17(19(18,2)3)14-10-6-5-7-11-14/h5-13,17-18,20H,4H2,1-3H3/t17-,18-/m1/s1. The van der Waals surface area contributed by atoms with E-state index in [1.54, 1.807) is 0 Å². The Hall–Kier alpha value is -1.80. The van der Waals surface area contributed by atoms with Gasteiger partial charge in [0.15, 0.2) is 0 Å². The molecule has 1 heterocycles. The van der Waals surface area contributed by atoms with Crippen LogP contribution in [-0.2, 0) is 4.74 Å². The van der Waals surface area contributed by atoms with Gasteiger partial charge in [-0.25, -0.2) is 0 Å². The van der Waals surface area contributed by atoms with Crippen LogP contribution < -0.4 is 5.32 Å². The molecule has 21 heavy (non-hydrogen) atoms. The maximum Gasteiger partial charge on any atom is 0.0918 e. The normalized spacial score (nSPS) is 23.2. The molecule has 2 aromatic rings. The highest BCUT2D eigenvalue weighted by molar-refractivity contribution is 5.57. The zero-order valence-corrected chi connectivity index (χ0v) is 13.0. The van der Waals surface area contributed by atoms with Gasteiger partial charge in [-0.3, -0.25) is 0 Å². The van der Waals surface area contributed by atoms with E-state index in [1.807, 2.05) is 0 Å².